The van der Waals surface area contributed by atoms with E-state index in [0.29, 0.717) is 11.8 Å². The number of methoxy groups -OCH3 is 1. The van der Waals surface area contributed by atoms with Crippen molar-refractivity contribution >= 4 is 23.0 Å². The van der Waals surface area contributed by atoms with E-state index in [9.17, 15) is 4.79 Å². The molecule has 166 valence electrons. The lowest BCUT2D eigenvalue weighted by Crippen LogP contribution is -2.42. The number of ether oxygens (including phenoxy) is 1. The van der Waals surface area contributed by atoms with Crippen molar-refractivity contribution in [1.82, 2.24) is 34.1 Å². The SMILES string of the molecule is COc1nc(NC2CCCC(N(C)C(C)=O)C2)nn2ccc(-c3ccc4ncnn4c3)c12. The average Bonchev–Trinajstić information content (AvgIpc) is 3.44. The summed E-state index contributed by atoms with van der Waals surface area (Å²) >= 11 is 0. The Hall–Kier alpha value is -3.69. The van der Waals surface area contributed by atoms with E-state index in [4.69, 9.17) is 4.74 Å². The molecular formula is C22H26N8O2. The predicted molar refractivity (Wildman–Crippen MR) is 120 cm³/mol. The van der Waals surface area contributed by atoms with Crippen LogP contribution in [0.2, 0.25) is 0 Å². The van der Waals surface area contributed by atoms with E-state index in [2.05, 4.69) is 25.5 Å². The highest BCUT2D eigenvalue weighted by molar-refractivity contribution is 5.84. The normalized spacial score (nSPS) is 18.7. The Labute approximate surface area is 185 Å². The van der Waals surface area contributed by atoms with Crippen molar-refractivity contribution in [2.45, 2.75) is 44.7 Å². The molecule has 10 heteroatoms. The van der Waals surface area contributed by atoms with E-state index in [1.807, 2.05) is 42.5 Å². The number of hydrogen-bond acceptors (Lipinski definition) is 7. The number of rotatable bonds is 5. The third-order valence-corrected chi connectivity index (χ3v) is 6.28. The first-order valence-electron chi connectivity index (χ1n) is 10.8. The van der Waals surface area contributed by atoms with Crippen molar-refractivity contribution in [2.24, 2.45) is 0 Å². The molecule has 1 saturated carbocycles. The van der Waals surface area contributed by atoms with Gasteiger partial charge in [-0.25, -0.2) is 14.0 Å². The first kappa shape index (κ1) is 20.2. The van der Waals surface area contributed by atoms with E-state index in [0.717, 1.165) is 48.0 Å². The fourth-order valence-electron chi connectivity index (χ4n) is 4.49. The summed E-state index contributed by atoms with van der Waals surface area (Å²) in [5.74, 6) is 1.10. The molecule has 0 spiro atoms. The molecule has 1 fully saturated rings. The highest BCUT2D eigenvalue weighted by Crippen LogP contribution is 2.32. The zero-order valence-corrected chi connectivity index (χ0v) is 18.4. The molecule has 32 heavy (non-hydrogen) atoms. The molecule has 4 aromatic rings. The molecule has 1 aliphatic rings. The van der Waals surface area contributed by atoms with Gasteiger partial charge in [0.15, 0.2) is 5.65 Å². The van der Waals surface area contributed by atoms with Crippen LogP contribution < -0.4 is 10.1 Å². The molecule has 2 atom stereocenters. The maximum Gasteiger partial charge on any atom is 0.244 e. The first-order chi connectivity index (χ1) is 15.5. The van der Waals surface area contributed by atoms with E-state index in [1.54, 1.807) is 23.1 Å². The molecule has 0 radical (unpaired) electrons. The number of hydrogen-bond donors (Lipinski definition) is 1. The maximum absolute atomic E-state index is 11.8. The van der Waals surface area contributed by atoms with Gasteiger partial charge in [0.05, 0.1) is 7.11 Å². The fraction of sp³-hybridized carbons (Fsp3) is 0.409. The molecule has 4 heterocycles. The number of anilines is 1. The van der Waals surface area contributed by atoms with E-state index < -0.39 is 0 Å². The number of fused-ring (bicyclic) bond motifs is 2. The summed E-state index contributed by atoms with van der Waals surface area (Å²) in [6.07, 6.45) is 9.32. The van der Waals surface area contributed by atoms with Gasteiger partial charge in [-0.15, -0.1) is 5.10 Å². The number of amides is 1. The molecule has 1 aliphatic carbocycles. The zero-order valence-electron chi connectivity index (χ0n) is 18.4. The van der Waals surface area contributed by atoms with Gasteiger partial charge in [-0.05, 0) is 43.9 Å². The molecule has 0 bridgehead atoms. The van der Waals surface area contributed by atoms with Crippen LogP contribution in [-0.4, -0.2) is 66.2 Å². The Kier molecular flexibility index (Phi) is 5.12. The van der Waals surface area contributed by atoms with Crippen molar-refractivity contribution in [3.8, 4) is 17.0 Å². The number of aromatic nitrogens is 6. The van der Waals surface area contributed by atoms with Crippen molar-refractivity contribution in [2.75, 3.05) is 19.5 Å². The maximum atomic E-state index is 11.8. The third-order valence-electron chi connectivity index (χ3n) is 6.28. The van der Waals surface area contributed by atoms with E-state index >= 15 is 0 Å². The van der Waals surface area contributed by atoms with Crippen LogP contribution in [0.5, 0.6) is 5.88 Å². The number of carbonyl (C=O) groups is 1. The second-order valence-electron chi connectivity index (χ2n) is 8.24. The zero-order chi connectivity index (χ0) is 22.2. The van der Waals surface area contributed by atoms with Gasteiger partial charge < -0.3 is 15.0 Å². The molecule has 1 amide bonds. The number of carbonyl (C=O) groups excluding carboxylic acids is 1. The van der Waals surface area contributed by atoms with Crippen LogP contribution in [0.1, 0.15) is 32.6 Å². The van der Waals surface area contributed by atoms with Gasteiger partial charge in [0.2, 0.25) is 17.7 Å². The van der Waals surface area contributed by atoms with Crippen LogP contribution >= 0.6 is 0 Å². The molecule has 5 rings (SSSR count). The van der Waals surface area contributed by atoms with Crippen molar-refractivity contribution < 1.29 is 9.53 Å². The summed E-state index contributed by atoms with van der Waals surface area (Å²) in [4.78, 5) is 22.4. The fourth-order valence-corrected chi connectivity index (χ4v) is 4.49. The third kappa shape index (κ3) is 3.61. The Balaban J connectivity index is 1.44. The minimum atomic E-state index is 0.0962. The first-order valence-corrected chi connectivity index (χ1v) is 10.8. The standard InChI is InChI=1S/C22H26N8O2/c1-14(31)28(2)17-6-4-5-16(11-17)25-22-26-21(32-3)20-18(9-10-29(20)27-22)15-7-8-19-23-13-24-30(19)12-15/h7-10,12-13,16-17H,4-6,11H2,1-3H3,(H,25,27). The van der Waals surface area contributed by atoms with Gasteiger partial charge in [0, 0.05) is 49.6 Å². The van der Waals surface area contributed by atoms with Crippen LogP contribution in [-0.2, 0) is 4.79 Å². The second kappa shape index (κ2) is 8.10. The molecule has 0 aromatic carbocycles. The smallest absolute Gasteiger partial charge is 0.244 e. The lowest BCUT2D eigenvalue weighted by atomic mass is 9.90. The van der Waals surface area contributed by atoms with Crippen LogP contribution in [0, 0.1) is 0 Å². The summed E-state index contributed by atoms with van der Waals surface area (Å²) in [6.45, 7) is 1.61. The van der Waals surface area contributed by atoms with E-state index in [-0.39, 0.29) is 18.0 Å². The molecule has 1 N–H and O–H groups in total. The van der Waals surface area contributed by atoms with Crippen molar-refractivity contribution in [3.05, 3.63) is 36.9 Å². The Bertz CT molecular complexity index is 1280. The lowest BCUT2D eigenvalue weighted by molar-refractivity contribution is -0.130. The average molecular weight is 435 g/mol. The van der Waals surface area contributed by atoms with Crippen molar-refractivity contribution in [1.29, 1.82) is 0 Å². The number of nitrogens with one attached hydrogen (secondary N) is 1. The molecule has 10 nitrogen and oxygen atoms in total. The van der Waals surface area contributed by atoms with Crippen molar-refractivity contribution in [3.63, 3.8) is 0 Å². The topological polar surface area (TPSA) is 102 Å². The molecule has 4 aromatic heterocycles. The molecule has 0 saturated heterocycles. The Morgan fingerprint density at radius 1 is 1.25 bits per heavy atom. The molecular weight excluding hydrogens is 408 g/mol. The van der Waals surface area contributed by atoms with Gasteiger partial charge >= 0.3 is 0 Å². The Morgan fingerprint density at radius 3 is 2.94 bits per heavy atom. The summed E-state index contributed by atoms with van der Waals surface area (Å²) < 4.78 is 9.17. The highest BCUT2D eigenvalue weighted by atomic mass is 16.5. The highest BCUT2D eigenvalue weighted by Gasteiger charge is 2.27. The quantitative estimate of drug-likeness (QED) is 0.515. The lowest BCUT2D eigenvalue weighted by Gasteiger charge is -2.35. The minimum absolute atomic E-state index is 0.0962. The number of pyridine rings is 1. The second-order valence-corrected chi connectivity index (χ2v) is 8.24. The molecule has 0 aliphatic heterocycles. The summed E-state index contributed by atoms with van der Waals surface area (Å²) in [7, 11) is 3.49. The monoisotopic (exact) mass is 434 g/mol. The van der Waals surface area contributed by atoms with Gasteiger partial charge in [-0.3, -0.25) is 4.79 Å². The van der Waals surface area contributed by atoms with Gasteiger partial charge in [-0.1, -0.05) is 0 Å². The van der Waals surface area contributed by atoms with Gasteiger partial charge in [0.25, 0.3) is 0 Å². The summed E-state index contributed by atoms with van der Waals surface area (Å²) in [5.41, 5.74) is 3.49. The Morgan fingerprint density at radius 2 is 2.12 bits per heavy atom. The van der Waals surface area contributed by atoms with Gasteiger partial charge in [0.1, 0.15) is 11.8 Å². The predicted octanol–water partition coefficient (Wildman–Crippen LogP) is 2.65. The largest absolute Gasteiger partial charge is 0.479 e. The van der Waals surface area contributed by atoms with E-state index in [1.165, 1.54) is 6.33 Å². The minimum Gasteiger partial charge on any atom is -0.479 e. The molecule has 2 unspecified atom stereocenters. The van der Waals surface area contributed by atoms with Crippen LogP contribution in [0.15, 0.2) is 36.9 Å². The summed E-state index contributed by atoms with van der Waals surface area (Å²) in [5, 5.41) is 12.4. The van der Waals surface area contributed by atoms with Gasteiger partial charge in [-0.2, -0.15) is 10.1 Å². The summed E-state index contributed by atoms with van der Waals surface area (Å²) in [6, 6.07) is 6.34. The number of nitrogens with zero attached hydrogens (tertiary/aromatic N) is 7. The van der Waals surface area contributed by atoms with Crippen LogP contribution in [0.25, 0.3) is 22.3 Å². The van der Waals surface area contributed by atoms with Crippen LogP contribution in [0.3, 0.4) is 0 Å². The van der Waals surface area contributed by atoms with Crippen LogP contribution in [0.4, 0.5) is 5.95 Å².